The van der Waals surface area contributed by atoms with E-state index in [0.717, 1.165) is 5.56 Å². The Bertz CT molecular complexity index is 1530. The highest BCUT2D eigenvalue weighted by atomic mass is 19.3. The first-order chi connectivity index (χ1) is 20.4. The van der Waals surface area contributed by atoms with Crippen LogP contribution in [-0.2, 0) is 16.1 Å². The first kappa shape index (κ1) is 27.8. The highest BCUT2D eigenvalue weighted by Gasteiger charge is 2.29. The van der Waals surface area contributed by atoms with Crippen molar-refractivity contribution in [3.05, 3.63) is 66.0 Å². The monoisotopic (exact) mass is 578 g/mol. The smallest absolute Gasteiger partial charge is 0.296 e. The maximum Gasteiger partial charge on any atom is 0.296 e. The predicted octanol–water partition coefficient (Wildman–Crippen LogP) is 4.55. The summed E-state index contributed by atoms with van der Waals surface area (Å²) in [5.41, 5.74) is 1.88. The lowest BCUT2D eigenvalue weighted by Crippen LogP contribution is -2.37. The normalized spacial score (nSPS) is 19.3. The van der Waals surface area contributed by atoms with Crippen molar-refractivity contribution in [3.63, 3.8) is 0 Å². The van der Waals surface area contributed by atoms with Crippen LogP contribution in [0.15, 0.2) is 54.6 Å². The van der Waals surface area contributed by atoms with E-state index in [4.69, 9.17) is 9.47 Å². The number of alkyl halides is 2. The molecule has 3 heterocycles. The zero-order valence-electron chi connectivity index (χ0n) is 23.0. The Morgan fingerprint density at radius 1 is 1.02 bits per heavy atom. The molecular formula is C30H32F2N6O4. The first-order valence-corrected chi connectivity index (χ1v) is 14.1. The van der Waals surface area contributed by atoms with Crippen LogP contribution in [0.5, 0.6) is 11.6 Å². The molecule has 0 bridgehead atoms. The number of nitrogens with one attached hydrogen (secondary N) is 1. The van der Waals surface area contributed by atoms with Crippen LogP contribution in [0.2, 0.25) is 0 Å². The van der Waals surface area contributed by atoms with E-state index in [1.807, 2.05) is 4.90 Å². The fourth-order valence-corrected chi connectivity index (χ4v) is 5.47. The maximum atomic E-state index is 14.1. The molecular weight excluding hydrogens is 546 g/mol. The van der Waals surface area contributed by atoms with Crippen molar-refractivity contribution < 1.29 is 28.2 Å². The summed E-state index contributed by atoms with van der Waals surface area (Å²) < 4.78 is 41.4. The number of nitrogens with zero attached hydrogens (tertiary/aromatic N) is 5. The van der Waals surface area contributed by atoms with E-state index in [0.29, 0.717) is 81.4 Å². The van der Waals surface area contributed by atoms with Crippen molar-refractivity contribution in [3.8, 4) is 17.4 Å². The zero-order chi connectivity index (χ0) is 29.1. The molecule has 0 spiro atoms. The van der Waals surface area contributed by atoms with E-state index < -0.39 is 12.2 Å². The number of imidazole rings is 1. The second-order valence-corrected chi connectivity index (χ2v) is 10.5. The third-order valence-corrected chi connectivity index (χ3v) is 7.72. The van der Waals surface area contributed by atoms with Crippen molar-refractivity contribution in [2.75, 3.05) is 31.2 Å². The van der Waals surface area contributed by atoms with Crippen LogP contribution in [-0.4, -0.2) is 62.9 Å². The van der Waals surface area contributed by atoms with Gasteiger partial charge in [-0.15, -0.1) is 0 Å². The van der Waals surface area contributed by atoms with Gasteiger partial charge >= 0.3 is 0 Å². The molecule has 12 heteroatoms. The van der Waals surface area contributed by atoms with Gasteiger partial charge in [-0.2, -0.15) is 9.97 Å². The lowest BCUT2D eigenvalue weighted by atomic mass is 9.86. The lowest BCUT2D eigenvalue weighted by molar-refractivity contribution is -0.126. The van der Waals surface area contributed by atoms with Crippen molar-refractivity contribution in [2.24, 2.45) is 5.92 Å². The molecule has 220 valence electrons. The van der Waals surface area contributed by atoms with Crippen molar-refractivity contribution in [1.29, 1.82) is 0 Å². The largest absolute Gasteiger partial charge is 0.508 e. The Balaban J connectivity index is 1.19. The molecule has 2 aliphatic rings. The third kappa shape index (κ3) is 6.13. The van der Waals surface area contributed by atoms with Gasteiger partial charge in [-0.25, -0.2) is 13.8 Å². The molecule has 1 aliphatic carbocycles. The molecule has 0 unspecified atom stereocenters. The second kappa shape index (κ2) is 12.3. The van der Waals surface area contributed by atoms with Crippen LogP contribution in [0.25, 0.3) is 16.9 Å². The van der Waals surface area contributed by atoms with Gasteiger partial charge in [0.05, 0.1) is 24.2 Å². The molecule has 2 aromatic heterocycles. The van der Waals surface area contributed by atoms with Gasteiger partial charge in [-0.1, -0.05) is 24.3 Å². The van der Waals surface area contributed by atoms with E-state index in [-0.39, 0.29) is 29.5 Å². The summed E-state index contributed by atoms with van der Waals surface area (Å²) >= 11 is 0. The topological polar surface area (TPSA) is 115 Å². The minimum atomic E-state index is -2.81. The van der Waals surface area contributed by atoms with Crippen LogP contribution < -0.4 is 15.0 Å². The van der Waals surface area contributed by atoms with Gasteiger partial charge in [0.2, 0.25) is 17.7 Å². The van der Waals surface area contributed by atoms with E-state index >= 15 is 0 Å². The molecule has 0 radical (unpaired) electrons. The highest BCUT2D eigenvalue weighted by Crippen LogP contribution is 2.32. The maximum absolute atomic E-state index is 14.1. The molecule has 1 saturated heterocycles. The number of aromatic nitrogens is 4. The highest BCUT2D eigenvalue weighted by molar-refractivity contribution is 5.79. The molecule has 2 aromatic carbocycles. The summed E-state index contributed by atoms with van der Waals surface area (Å²) in [5.74, 6) is 0.583. The average molecular weight is 579 g/mol. The van der Waals surface area contributed by atoms with E-state index in [1.165, 1.54) is 4.57 Å². The van der Waals surface area contributed by atoms with E-state index in [1.54, 1.807) is 54.6 Å². The number of hydrogen-bond donors (Lipinski definition) is 2. The summed E-state index contributed by atoms with van der Waals surface area (Å²) in [6, 6.07) is 15.3. The Morgan fingerprint density at radius 3 is 2.50 bits per heavy atom. The molecule has 2 N–H and O–H groups in total. The van der Waals surface area contributed by atoms with Crippen LogP contribution in [0.1, 0.15) is 43.5 Å². The second-order valence-electron chi connectivity index (χ2n) is 10.5. The summed E-state index contributed by atoms with van der Waals surface area (Å²) in [6.45, 7) is 2.56. The number of hydrogen-bond acceptors (Lipinski definition) is 8. The first-order valence-electron chi connectivity index (χ1n) is 14.1. The van der Waals surface area contributed by atoms with Crippen molar-refractivity contribution in [2.45, 2.75) is 44.8 Å². The molecule has 42 heavy (non-hydrogen) atoms. The Labute approximate surface area is 241 Å². The van der Waals surface area contributed by atoms with Crippen LogP contribution >= 0.6 is 0 Å². The van der Waals surface area contributed by atoms with E-state index in [9.17, 15) is 18.7 Å². The Morgan fingerprint density at radius 2 is 1.76 bits per heavy atom. The van der Waals surface area contributed by atoms with Gasteiger partial charge in [0.1, 0.15) is 17.7 Å². The van der Waals surface area contributed by atoms with Gasteiger partial charge in [-0.3, -0.25) is 9.36 Å². The number of aromatic hydroxyl groups is 1. The number of phenolic OH excluding ortho intramolecular Hbond substituents is 1. The predicted molar refractivity (Wildman–Crippen MR) is 151 cm³/mol. The molecule has 1 saturated carbocycles. The number of ether oxygens (including phenoxy) is 2. The van der Waals surface area contributed by atoms with Crippen molar-refractivity contribution >= 4 is 22.9 Å². The number of morpholine rings is 1. The summed E-state index contributed by atoms with van der Waals surface area (Å²) in [6.07, 6.45) is -0.372. The molecule has 2 fully saturated rings. The summed E-state index contributed by atoms with van der Waals surface area (Å²) in [5, 5.41) is 12.4. The number of para-hydroxylation sites is 2. The number of carbonyl (C=O) groups is 1. The van der Waals surface area contributed by atoms with E-state index in [2.05, 4.69) is 20.3 Å². The fourth-order valence-electron chi connectivity index (χ4n) is 5.47. The number of carbonyl (C=O) groups excluding carboxylic acids is 1. The van der Waals surface area contributed by atoms with Gasteiger partial charge in [-0.05, 0) is 55.5 Å². The van der Waals surface area contributed by atoms with Gasteiger partial charge in [0, 0.05) is 31.6 Å². The number of fused-ring (bicyclic) bond motifs is 1. The molecule has 1 aliphatic heterocycles. The number of rotatable bonds is 8. The number of phenols is 1. The zero-order valence-corrected chi connectivity index (χ0v) is 23.0. The number of benzene rings is 2. The standard InChI is InChI=1S/C30H32F2N6O4/c31-27(32)28-34-23-3-1-2-4-24(23)38(28)25-17-26(36-30(35-25)37-13-15-41-16-14-37)42-22-11-7-20(8-12-22)29(40)33-18-19-5-9-21(39)10-6-19/h1-6,9-10,17,20,22,27,39H,7-8,11-16,18H2,(H,33,40)/t20-,22-. The minimum Gasteiger partial charge on any atom is -0.508 e. The minimum absolute atomic E-state index is 0.00744. The third-order valence-electron chi connectivity index (χ3n) is 7.72. The molecule has 6 rings (SSSR count). The molecule has 10 nitrogen and oxygen atoms in total. The lowest BCUT2D eigenvalue weighted by Gasteiger charge is -2.29. The Hall–Kier alpha value is -4.32. The van der Waals surface area contributed by atoms with Crippen molar-refractivity contribution in [1.82, 2.24) is 24.8 Å². The fraction of sp³-hybridized carbons (Fsp3) is 0.400. The quantitative estimate of drug-likeness (QED) is 0.313. The molecule has 4 aromatic rings. The van der Waals surface area contributed by atoms with Gasteiger partial charge in [0.25, 0.3) is 6.43 Å². The van der Waals surface area contributed by atoms with Gasteiger partial charge in [0.15, 0.2) is 5.82 Å². The molecule has 0 atom stereocenters. The van der Waals surface area contributed by atoms with Crippen LogP contribution in [0.3, 0.4) is 0 Å². The average Bonchev–Trinajstić information content (AvgIpc) is 3.42. The SMILES string of the molecule is O=C(NCc1ccc(O)cc1)[C@H]1CC[C@H](Oc2cc(-n3c(C(F)F)nc4ccccc43)nc(N3CCOCC3)n2)CC1. The Kier molecular flexibility index (Phi) is 8.13. The summed E-state index contributed by atoms with van der Waals surface area (Å²) in [7, 11) is 0. The van der Waals surface area contributed by atoms with Crippen LogP contribution in [0.4, 0.5) is 14.7 Å². The number of anilines is 1. The number of halogens is 2. The molecule has 1 amide bonds. The number of amides is 1. The van der Waals surface area contributed by atoms with Gasteiger partial charge < -0.3 is 24.8 Å². The summed E-state index contributed by atoms with van der Waals surface area (Å²) in [4.78, 5) is 28.2. The van der Waals surface area contributed by atoms with Crippen LogP contribution in [0, 0.1) is 5.92 Å².